The van der Waals surface area contributed by atoms with E-state index >= 15 is 0 Å². The Labute approximate surface area is 124 Å². The van der Waals surface area contributed by atoms with Crippen molar-refractivity contribution in [2.75, 3.05) is 0 Å². The molecule has 0 amide bonds. The third-order valence-corrected chi connectivity index (χ3v) is 3.87. The van der Waals surface area contributed by atoms with E-state index < -0.39 is 0 Å². The lowest BCUT2D eigenvalue weighted by Crippen LogP contribution is -2.30. The predicted molar refractivity (Wildman–Crippen MR) is 79.3 cm³/mol. The number of rotatable bonds is 4. The highest BCUT2D eigenvalue weighted by atomic mass is 79.9. The number of benzene rings is 2. The van der Waals surface area contributed by atoms with Gasteiger partial charge in [-0.2, -0.15) is 0 Å². The topological polar surface area (TPSA) is 38.0 Å². The van der Waals surface area contributed by atoms with Gasteiger partial charge in [0, 0.05) is 9.50 Å². The van der Waals surface area contributed by atoms with Crippen LogP contribution in [0, 0.1) is 5.82 Å². The minimum absolute atomic E-state index is 0.218. The van der Waals surface area contributed by atoms with Gasteiger partial charge in [0.2, 0.25) is 0 Å². The van der Waals surface area contributed by atoms with Crippen molar-refractivity contribution in [3.8, 4) is 0 Å². The van der Waals surface area contributed by atoms with Gasteiger partial charge in [-0.15, -0.1) is 0 Å². The monoisotopic (exact) mass is 342 g/mol. The highest BCUT2D eigenvalue weighted by molar-refractivity contribution is 9.10. The van der Waals surface area contributed by atoms with Crippen LogP contribution in [0.15, 0.2) is 46.9 Å². The van der Waals surface area contributed by atoms with Gasteiger partial charge < -0.3 is 0 Å². The molecule has 2 nitrogen and oxygen atoms in total. The van der Waals surface area contributed by atoms with Crippen molar-refractivity contribution in [1.82, 2.24) is 5.43 Å². The van der Waals surface area contributed by atoms with Crippen LogP contribution in [0.5, 0.6) is 0 Å². The van der Waals surface area contributed by atoms with Crippen LogP contribution in [-0.4, -0.2) is 0 Å². The van der Waals surface area contributed by atoms with Crippen molar-refractivity contribution in [2.45, 2.75) is 12.5 Å². The summed E-state index contributed by atoms with van der Waals surface area (Å²) in [4.78, 5) is 0. The zero-order valence-electron chi connectivity index (χ0n) is 10.0. The minimum atomic E-state index is -0.235. The highest BCUT2D eigenvalue weighted by Crippen LogP contribution is 2.29. The molecule has 0 saturated heterocycles. The van der Waals surface area contributed by atoms with Gasteiger partial charge in [-0.25, -0.2) is 4.39 Å². The van der Waals surface area contributed by atoms with E-state index in [9.17, 15) is 4.39 Å². The molecule has 0 aliphatic rings. The maximum atomic E-state index is 13.7. The molecule has 0 aromatic heterocycles. The van der Waals surface area contributed by atoms with Gasteiger partial charge in [-0.3, -0.25) is 11.3 Å². The van der Waals surface area contributed by atoms with Gasteiger partial charge in [-0.05, 0) is 41.8 Å². The first kappa shape index (κ1) is 14.5. The molecule has 19 heavy (non-hydrogen) atoms. The molecule has 2 aromatic rings. The molecule has 5 heteroatoms. The van der Waals surface area contributed by atoms with Gasteiger partial charge in [0.15, 0.2) is 0 Å². The Morgan fingerprint density at radius 2 is 2.00 bits per heavy atom. The van der Waals surface area contributed by atoms with Crippen molar-refractivity contribution < 1.29 is 4.39 Å². The van der Waals surface area contributed by atoms with E-state index in [0.29, 0.717) is 17.0 Å². The summed E-state index contributed by atoms with van der Waals surface area (Å²) in [6.07, 6.45) is 0.447. The molecule has 0 bridgehead atoms. The summed E-state index contributed by atoms with van der Waals surface area (Å²) < 4.78 is 14.6. The van der Waals surface area contributed by atoms with Gasteiger partial charge in [0.1, 0.15) is 5.82 Å². The lowest BCUT2D eigenvalue weighted by atomic mass is 9.99. The molecule has 0 aliphatic carbocycles. The summed E-state index contributed by atoms with van der Waals surface area (Å²) in [7, 11) is 0. The number of nitrogens with one attached hydrogen (secondary N) is 1. The Balaban J connectivity index is 2.30. The Morgan fingerprint density at radius 3 is 2.68 bits per heavy atom. The van der Waals surface area contributed by atoms with Gasteiger partial charge in [-0.1, -0.05) is 45.7 Å². The smallest absolute Gasteiger partial charge is 0.126 e. The second-order valence-electron chi connectivity index (χ2n) is 4.18. The summed E-state index contributed by atoms with van der Waals surface area (Å²) in [5.41, 5.74) is 4.22. The number of halogens is 3. The molecular weight excluding hydrogens is 331 g/mol. The number of hydrazine groups is 1. The first-order chi connectivity index (χ1) is 9.11. The van der Waals surface area contributed by atoms with E-state index in [1.807, 2.05) is 12.1 Å². The van der Waals surface area contributed by atoms with Crippen LogP contribution in [0.25, 0.3) is 0 Å². The average Bonchev–Trinajstić information content (AvgIpc) is 2.41. The first-order valence-electron chi connectivity index (χ1n) is 5.76. The van der Waals surface area contributed by atoms with Gasteiger partial charge in [0.25, 0.3) is 0 Å². The van der Waals surface area contributed by atoms with Crippen LogP contribution in [-0.2, 0) is 6.42 Å². The van der Waals surface area contributed by atoms with E-state index in [2.05, 4.69) is 21.4 Å². The van der Waals surface area contributed by atoms with E-state index in [1.165, 1.54) is 6.07 Å². The highest BCUT2D eigenvalue weighted by Gasteiger charge is 2.16. The fraction of sp³-hybridized carbons (Fsp3) is 0.143. The Hall–Kier alpha value is -0.940. The van der Waals surface area contributed by atoms with Crippen LogP contribution in [0.4, 0.5) is 4.39 Å². The second-order valence-corrected chi connectivity index (χ2v) is 5.47. The van der Waals surface area contributed by atoms with Crippen LogP contribution >= 0.6 is 27.5 Å². The molecular formula is C14H13BrClFN2. The third-order valence-electron chi connectivity index (χ3n) is 2.92. The number of hydrogen-bond acceptors (Lipinski definition) is 2. The van der Waals surface area contributed by atoms with Crippen molar-refractivity contribution in [1.29, 1.82) is 0 Å². The molecule has 1 unspecified atom stereocenters. The Bertz CT molecular complexity index is 577. The summed E-state index contributed by atoms with van der Waals surface area (Å²) >= 11 is 9.44. The zero-order valence-corrected chi connectivity index (χ0v) is 12.4. The van der Waals surface area contributed by atoms with Crippen LogP contribution in [0.2, 0.25) is 5.02 Å². The average molecular weight is 344 g/mol. The van der Waals surface area contributed by atoms with Crippen molar-refractivity contribution in [3.63, 3.8) is 0 Å². The molecule has 0 radical (unpaired) electrons. The maximum Gasteiger partial charge on any atom is 0.126 e. The lowest BCUT2D eigenvalue weighted by Gasteiger charge is -2.18. The largest absolute Gasteiger partial charge is 0.271 e. The molecule has 1 atom stereocenters. The van der Waals surface area contributed by atoms with Crippen molar-refractivity contribution in [3.05, 3.63) is 68.9 Å². The molecule has 3 N–H and O–H groups in total. The Kier molecular flexibility index (Phi) is 4.93. The van der Waals surface area contributed by atoms with Gasteiger partial charge >= 0.3 is 0 Å². The van der Waals surface area contributed by atoms with Crippen molar-refractivity contribution in [2.24, 2.45) is 5.84 Å². The van der Waals surface area contributed by atoms with E-state index in [-0.39, 0.29) is 11.9 Å². The summed E-state index contributed by atoms with van der Waals surface area (Å²) in [6.45, 7) is 0. The van der Waals surface area contributed by atoms with Crippen LogP contribution < -0.4 is 11.3 Å². The second kappa shape index (κ2) is 6.48. The Morgan fingerprint density at radius 1 is 1.26 bits per heavy atom. The normalized spacial score (nSPS) is 12.4. The summed E-state index contributed by atoms with van der Waals surface area (Å²) in [6, 6.07) is 11.9. The van der Waals surface area contributed by atoms with Crippen molar-refractivity contribution >= 4 is 27.5 Å². The van der Waals surface area contributed by atoms with Crippen LogP contribution in [0.3, 0.4) is 0 Å². The summed E-state index contributed by atoms with van der Waals surface area (Å²) in [5, 5.41) is 0.618. The molecule has 0 spiro atoms. The number of hydrogen-bond donors (Lipinski definition) is 2. The molecule has 0 heterocycles. The zero-order chi connectivity index (χ0) is 13.8. The molecule has 100 valence electrons. The fourth-order valence-corrected chi connectivity index (χ4v) is 2.63. The van der Waals surface area contributed by atoms with Crippen LogP contribution in [0.1, 0.15) is 17.2 Å². The first-order valence-corrected chi connectivity index (χ1v) is 6.93. The molecule has 0 fully saturated rings. The van der Waals surface area contributed by atoms with Gasteiger partial charge in [0.05, 0.1) is 6.04 Å². The lowest BCUT2D eigenvalue weighted by molar-refractivity contribution is 0.527. The van der Waals surface area contributed by atoms with E-state index in [1.54, 1.807) is 24.3 Å². The van der Waals surface area contributed by atoms with E-state index in [4.69, 9.17) is 17.4 Å². The third kappa shape index (κ3) is 3.54. The molecule has 0 aliphatic heterocycles. The summed E-state index contributed by atoms with van der Waals surface area (Å²) in [5.74, 6) is 5.35. The maximum absolute atomic E-state index is 13.7. The molecule has 2 aromatic carbocycles. The number of nitrogens with two attached hydrogens (primary N) is 1. The van der Waals surface area contributed by atoms with E-state index in [0.717, 1.165) is 10.0 Å². The quantitative estimate of drug-likeness (QED) is 0.651. The predicted octanol–water partition coefficient (Wildman–Crippen LogP) is 3.99. The standard InChI is InChI=1S/C14H13BrClFN2/c15-12-6-5-10(16)8-11(12)14(19-18)7-9-3-1-2-4-13(9)17/h1-6,8,14,19H,7,18H2. The fourth-order valence-electron chi connectivity index (χ4n) is 1.92. The SMILES string of the molecule is NNC(Cc1ccccc1F)c1cc(Cl)ccc1Br. The molecule has 0 saturated carbocycles. The molecule has 2 rings (SSSR count). The minimum Gasteiger partial charge on any atom is -0.271 e.